The summed E-state index contributed by atoms with van der Waals surface area (Å²) in [7, 11) is 0. The van der Waals surface area contributed by atoms with Crippen molar-refractivity contribution in [1.82, 2.24) is 4.98 Å². The third-order valence-electron chi connectivity index (χ3n) is 3.57. The summed E-state index contributed by atoms with van der Waals surface area (Å²) in [5, 5.41) is 8.78. The summed E-state index contributed by atoms with van der Waals surface area (Å²) < 4.78 is 0. The Hall–Kier alpha value is -1.69. The molecule has 0 aliphatic heterocycles. The molecule has 74 valence electrons. The average molecular weight is 198 g/mol. The van der Waals surface area contributed by atoms with Gasteiger partial charge in [-0.3, -0.25) is 4.79 Å². The quantitative estimate of drug-likeness (QED) is 0.641. The number of carbonyl (C=O) groups excluding carboxylic acids is 1. The van der Waals surface area contributed by atoms with E-state index < -0.39 is 0 Å². The highest BCUT2D eigenvalue weighted by Crippen LogP contribution is 2.47. The predicted molar refractivity (Wildman–Crippen MR) is 53.4 cm³/mol. The molecule has 2 atom stereocenters. The van der Waals surface area contributed by atoms with E-state index in [1.807, 2.05) is 6.07 Å². The van der Waals surface area contributed by atoms with Gasteiger partial charge in [0.05, 0.1) is 0 Å². The summed E-state index contributed by atoms with van der Waals surface area (Å²) in [6.07, 6.45) is 4.79. The van der Waals surface area contributed by atoms with E-state index in [2.05, 4.69) is 4.98 Å². The molecule has 2 aliphatic rings. The smallest absolute Gasteiger partial charge is 0.168 e. The molecule has 3 heteroatoms. The molecule has 0 aromatic carbocycles. The van der Waals surface area contributed by atoms with Gasteiger partial charge in [-0.1, -0.05) is 6.42 Å². The van der Waals surface area contributed by atoms with Crippen molar-refractivity contribution in [3.05, 3.63) is 29.1 Å². The van der Waals surface area contributed by atoms with Crippen LogP contribution in [0, 0.1) is 17.2 Å². The first-order chi connectivity index (χ1) is 7.31. The second-order valence-corrected chi connectivity index (χ2v) is 4.28. The van der Waals surface area contributed by atoms with E-state index in [1.54, 1.807) is 12.3 Å². The fourth-order valence-electron chi connectivity index (χ4n) is 2.89. The Balaban J connectivity index is 2.17. The number of rotatable bonds is 0. The molecular formula is C12H10N2O. The van der Waals surface area contributed by atoms with Gasteiger partial charge in [0.1, 0.15) is 11.8 Å². The van der Waals surface area contributed by atoms with E-state index >= 15 is 0 Å². The van der Waals surface area contributed by atoms with Gasteiger partial charge in [0.2, 0.25) is 0 Å². The Morgan fingerprint density at radius 3 is 3.00 bits per heavy atom. The highest BCUT2D eigenvalue weighted by molar-refractivity contribution is 6.03. The van der Waals surface area contributed by atoms with Crippen molar-refractivity contribution in [3.8, 4) is 6.07 Å². The Labute approximate surface area is 87.7 Å². The fourth-order valence-corrected chi connectivity index (χ4v) is 2.89. The van der Waals surface area contributed by atoms with Crippen LogP contribution in [0.1, 0.15) is 46.8 Å². The third-order valence-corrected chi connectivity index (χ3v) is 3.57. The van der Waals surface area contributed by atoms with Crippen molar-refractivity contribution < 1.29 is 4.79 Å². The Bertz CT molecular complexity index is 487. The number of nitrogens with zero attached hydrogens (tertiary/aromatic N) is 2. The minimum atomic E-state index is 0.177. The normalized spacial score (nSPS) is 27.3. The van der Waals surface area contributed by atoms with Crippen molar-refractivity contribution in [2.45, 2.75) is 25.2 Å². The van der Waals surface area contributed by atoms with Crippen LogP contribution in [-0.2, 0) is 0 Å². The van der Waals surface area contributed by atoms with Crippen molar-refractivity contribution in [3.63, 3.8) is 0 Å². The summed E-state index contributed by atoms with van der Waals surface area (Å²) in [4.78, 5) is 15.9. The molecule has 0 bridgehead atoms. The van der Waals surface area contributed by atoms with Gasteiger partial charge in [-0.25, -0.2) is 4.98 Å². The lowest BCUT2D eigenvalue weighted by molar-refractivity contribution is 0.0932. The average Bonchev–Trinajstić information content (AvgIpc) is 2.83. The first-order valence-electron chi connectivity index (χ1n) is 5.25. The molecule has 0 saturated heterocycles. The minimum Gasteiger partial charge on any atom is -0.294 e. The number of carbonyl (C=O) groups is 1. The molecular weight excluding hydrogens is 188 g/mol. The van der Waals surface area contributed by atoms with Crippen molar-refractivity contribution in [1.29, 1.82) is 5.26 Å². The summed E-state index contributed by atoms with van der Waals surface area (Å²) in [6, 6.07) is 3.82. The maximum Gasteiger partial charge on any atom is 0.168 e. The molecule has 15 heavy (non-hydrogen) atoms. The Morgan fingerprint density at radius 2 is 2.20 bits per heavy atom. The molecule has 0 spiro atoms. The maximum atomic E-state index is 12.0. The molecule has 0 amide bonds. The van der Waals surface area contributed by atoms with Crippen LogP contribution in [0.4, 0.5) is 0 Å². The van der Waals surface area contributed by atoms with Gasteiger partial charge < -0.3 is 0 Å². The molecule has 1 aromatic rings. The van der Waals surface area contributed by atoms with Crippen LogP contribution in [0.5, 0.6) is 0 Å². The summed E-state index contributed by atoms with van der Waals surface area (Å²) in [5.74, 6) is 0.780. The van der Waals surface area contributed by atoms with Gasteiger partial charge in [-0.2, -0.15) is 5.26 Å². The van der Waals surface area contributed by atoms with Gasteiger partial charge in [0.25, 0.3) is 0 Å². The third kappa shape index (κ3) is 1.05. The van der Waals surface area contributed by atoms with E-state index in [9.17, 15) is 4.79 Å². The van der Waals surface area contributed by atoms with E-state index in [1.165, 1.54) is 0 Å². The number of nitriles is 1. The number of aromatic nitrogens is 1. The highest BCUT2D eigenvalue weighted by atomic mass is 16.1. The zero-order chi connectivity index (χ0) is 10.4. The van der Waals surface area contributed by atoms with Crippen LogP contribution in [-0.4, -0.2) is 10.8 Å². The van der Waals surface area contributed by atoms with Crippen LogP contribution in [0.3, 0.4) is 0 Å². The van der Waals surface area contributed by atoms with Gasteiger partial charge in [0.15, 0.2) is 5.78 Å². The molecule has 3 nitrogen and oxygen atoms in total. The van der Waals surface area contributed by atoms with Crippen LogP contribution in [0.2, 0.25) is 0 Å². The first kappa shape index (κ1) is 8.60. The maximum absolute atomic E-state index is 12.0. The number of hydrogen-bond acceptors (Lipinski definition) is 3. The van der Waals surface area contributed by atoms with E-state index in [4.69, 9.17) is 5.26 Å². The van der Waals surface area contributed by atoms with Gasteiger partial charge in [0, 0.05) is 17.7 Å². The molecule has 0 N–H and O–H groups in total. The lowest BCUT2D eigenvalue weighted by atomic mass is 9.96. The first-order valence-corrected chi connectivity index (χ1v) is 5.25. The molecule has 1 heterocycles. The zero-order valence-electron chi connectivity index (χ0n) is 8.23. The topological polar surface area (TPSA) is 53.8 Å². The fraction of sp³-hybridized carbons (Fsp3) is 0.417. The lowest BCUT2D eigenvalue weighted by Gasteiger charge is -2.07. The van der Waals surface area contributed by atoms with Crippen LogP contribution in [0.15, 0.2) is 12.3 Å². The van der Waals surface area contributed by atoms with E-state index in [0.717, 1.165) is 30.4 Å². The highest BCUT2D eigenvalue weighted by Gasteiger charge is 2.42. The standard InChI is InChI=1S/C12H10N2O/c13-5-7-4-10-8-2-1-3-9(8)12(15)11(10)6-14-7/h4,6,8-9H,1-3H2. The molecule has 0 radical (unpaired) electrons. The van der Waals surface area contributed by atoms with Crippen molar-refractivity contribution in [2.75, 3.05) is 0 Å². The number of hydrogen-bond donors (Lipinski definition) is 0. The largest absolute Gasteiger partial charge is 0.294 e. The second-order valence-electron chi connectivity index (χ2n) is 4.28. The molecule has 3 rings (SSSR count). The Morgan fingerprint density at radius 1 is 1.40 bits per heavy atom. The number of Topliss-reactive ketones (excluding diaryl/α,β-unsaturated/α-hetero) is 1. The SMILES string of the molecule is N#Cc1cc2c(cn1)C(=O)C1CCCC21. The van der Waals surface area contributed by atoms with Crippen molar-refractivity contribution >= 4 is 5.78 Å². The number of fused-ring (bicyclic) bond motifs is 3. The van der Waals surface area contributed by atoms with Gasteiger partial charge >= 0.3 is 0 Å². The monoisotopic (exact) mass is 198 g/mol. The van der Waals surface area contributed by atoms with Crippen molar-refractivity contribution in [2.24, 2.45) is 5.92 Å². The number of ketones is 1. The molecule has 1 fully saturated rings. The van der Waals surface area contributed by atoms with Crippen LogP contribution < -0.4 is 0 Å². The minimum absolute atomic E-state index is 0.177. The molecule has 1 aromatic heterocycles. The molecule has 2 unspecified atom stereocenters. The second kappa shape index (κ2) is 2.90. The molecule has 1 saturated carbocycles. The lowest BCUT2D eigenvalue weighted by Crippen LogP contribution is -2.06. The summed E-state index contributed by atoms with van der Waals surface area (Å²) in [5.41, 5.74) is 2.24. The van der Waals surface area contributed by atoms with Gasteiger partial charge in [-0.15, -0.1) is 0 Å². The summed E-state index contributed by atoms with van der Waals surface area (Å²) in [6.45, 7) is 0. The van der Waals surface area contributed by atoms with E-state index in [0.29, 0.717) is 11.6 Å². The zero-order valence-corrected chi connectivity index (χ0v) is 8.23. The summed E-state index contributed by atoms with van der Waals surface area (Å²) >= 11 is 0. The van der Waals surface area contributed by atoms with E-state index in [-0.39, 0.29) is 11.7 Å². The molecule has 2 aliphatic carbocycles. The predicted octanol–water partition coefficient (Wildman–Crippen LogP) is 2.03. The van der Waals surface area contributed by atoms with Gasteiger partial charge in [-0.05, 0) is 30.4 Å². The number of pyridine rings is 1. The van der Waals surface area contributed by atoms with Crippen LogP contribution >= 0.6 is 0 Å². The van der Waals surface area contributed by atoms with Crippen LogP contribution in [0.25, 0.3) is 0 Å². The Kier molecular flexibility index (Phi) is 1.66.